The molecule has 0 aliphatic heterocycles. The molecule has 0 aliphatic rings. The highest BCUT2D eigenvalue weighted by atomic mass is 16.6. The number of aromatic hydroxyl groups is 1. The molecule has 262 valence electrons. The Morgan fingerprint density at radius 1 is 0.694 bits per heavy atom. The smallest absolute Gasteiger partial charge is 0.269 e. The van der Waals surface area contributed by atoms with E-state index in [0.29, 0.717) is 34.6 Å². The number of nitrogens with zero attached hydrogens (tertiary/aromatic N) is 1. The van der Waals surface area contributed by atoms with Gasteiger partial charge in [-0.05, 0) is 48.9 Å². The van der Waals surface area contributed by atoms with E-state index in [9.17, 15) is 20.0 Å². The number of phenolic OH excluding ortho intramolecular Hbond substituents is 1. The average molecular weight is 669 g/mol. The van der Waals surface area contributed by atoms with Gasteiger partial charge in [-0.3, -0.25) is 14.9 Å². The largest absolute Gasteiger partial charge is 0.506 e. The van der Waals surface area contributed by atoms with Crippen LogP contribution in [0.4, 0.5) is 11.4 Å². The van der Waals surface area contributed by atoms with Gasteiger partial charge in [0.25, 0.3) is 11.6 Å². The quantitative estimate of drug-likeness (QED) is 0.0462. The van der Waals surface area contributed by atoms with Crippen LogP contribution in [-0.4, -0.2) is 22.5 Å². The Morgan fingerprint density at radius 2 is 1.20 bits per heavy atom. The molecule has 4 aromatic carbocycles. The Bertz CT molecular complexity index is 1590. The van der Waals surface area contributed by atoms with E-state index in [1.54, 1.807) is 36.4 Å². The van der Waals surface area contributed by atoms with Gasteiger partial charge >= 0.3 is 0 Å². The summed E-state index contributed by atoms with van der Waals surface area (Å²) in [4.78, 5) is 23.8. The zero-order valence-electron chi connectivity index (χ0n) is 29.0. The summed E-state index contributed by atoms with van der Waals surface area (Å²) in [5, 5.41) is 25.9. The lowest BCUT2D eigenvalue weighted by Gasteiger charge is -2.14. The SMILES string of the molecule is CCCCCCCCCCCCCCCCCCOc1ccc(NC(=O)c2cc(Oc3ccc([N+](=O)[O-])cc3)c3ccccc3c2O)cc1. The summed E-state index contributed by atoms with van der Waals surface area (Å²) < 4.78 is 11.9. The second-order valence-electron chi connectivity index (χ2n) is 12.8. The van der Waals surface area contributed by atoms with Crippen LogP contribution in [0.3, 0.4) is 0 Å². The number of benzene rings is 4. The van der Waals surface area contributed by atoms with Crippen molar-refractivity contribution in [2.75, 3.05) is 11.9 Å². The summed E-state index contributed by atoms with van der Waals surface area (Å²) in [5.41, 5.74) is 0.546. The van der Waals surface area contributed by atoms with Crippen molar-refractivity contribution in [1.82, 2.24) is 0 Å². The molecule has 0 unspecified atom stereocenters. The molecule has 4 aromatic rings. The predicted octanol–water partition coefficient (Wildman–Crippen LogP) is 12.1. The number of ether oxygens (including phenoxy) is 2. The number of nitrogens with one attached hydrogen (secondary N) is 1. The summed E-state index contributed by atoms with van der Waals surface area (Å²) in [6.45, 7) is 2.93. The van der Waals surface area contributed by atoms with E-state index < -0.39 is 10.8 Å². The number of nitro groups is 1. The van der Waals surface area contributed by atoms with Gasteiger partial charge in [0.05, 0.1) is 17.1 Å². The van der Waals surface area contributed by atoms with E-state index >= 15 is 0 Å². The number of nitro benzene ring substituents is 1. The maximum absolute atomic E-state index is 13.3. The average Bonchev–Trinajstić information content (AvgIpc) is 3.11. The number of anilines is 1. The standard InChI is InChI=1S/C41H52N2O6/c1-2-3-4-5-6-7-8-9-10-11-12-13-14-15-16-19-30-48-34-26-22-32(23-27-34)42-41(45)38-31-39(36-20-17-18-21-37(36)40(38)44)49-35-28-24-33(25-29-35)43(46)47/h17-18,20-29,31,44H,2-16,19,30H2,1H3,(H,42,45). The summed E-state index contributed by atoms with van der Waals surface area (Å²) in [7, 11) is 0. The molecular weight excluding hydrogens is 616 g/mol. The topological polar surface area (TPSA) is 111 Å². The zero-order chi connectivity index (χ0) is 34.7. The number of hydrogen-bond donors (Lipinski definition) is 2. The third-order valence-corrected chi connectivity index (χ3v) is 8.88. The number of rotatable bonds is 23. The van der Waals surface area contributed by atoms with Crippen molar-refractivity contribution in [3.8, 4) is 23.0 Å². The molecule has 0 aliphatic carbocycles. The van der Waals surface area contributed by atoms with Gasteiger partial charge in [-0.2, -0.15) is 0 Å². The third kappa shape index (κ3) is 12.4. The van der Waals surface area contributed by atoms with Crippen molar-refractivity contribution < 1.29 is 24.3 Å². The number of carbonyl (C=O) groups is 1. The fourth-order valence-electron chi connectivity index (χ4n) is 6.02. The minimum atomic E-state index is -0.501. The Labute approximate surface area is 291 Å². The highest BCUT2D eigenvalue weighted by molar-refractivity contribution is 6.11. The van der Waals surface area contributed by atoms with E-state index in [0.717, 1.165) is 18.6 Å². The third-order valence-electron chi connectivity index (χ3n) is 8.88. The normalized spacial score (nSPS) is 11.0. The first kappa shape index (κ1) is 37.2. The first-order valence-corrected chi connectivity index (χ1v) is 18.2. The molecular formula is C41H52N2O6. The van der Waals surface area contributed by atoms with Crippen molar-refractivity contribution in [2.24, 2.45) is 0 Å². The molecule has 49 heavy (non-hydrogen) atoms. The second-order valence-corrected chi connectivity index (χ2v) is 12.8. The molecule has 2 N–H and O–H groups in total. The molecule has 4 rings (SSSR count). The summed E-state index contributed by atoms with van der Waals surface area (Å²) in [6, 6.07) is 21.4. The minimum Gasteiger partial charge on any atom is -0.506 e. The van der Waals surface area contributed by atoms with Crippen LogP contribution >= 0.6 is 0 Å². The van der Waals surface area contributed by atoms with Crippen LogP contribution in [0.1, 0.15) is 120 Å². The highest BCUT2D eigenvalue weighted by Crippen LogP contribution is 2.38. The maximum Gasteiger partial charge on any atom is 0.269 e. The van der Waals surface area contributed by atoms with Crippen LogP contribution in [0.25, 0.3) is 10.8 Å². The van der Waals surface area contributed by atoms with Crippen molar-refractivity contribution in [3.05, 3.63) is 94.5 Å². The minimum absolute atomic E-state index is 0.0411. The van der Waals surface area contributed by atoms with Crippen LogP contribution in [0.2, 0.25) is 0 Å². The molecule has 8 nitrogen and oxygen atoms in total. The maximum atomic E-state index is 13.3. The van der Waals surface area contributed by atoms with Gasteiger partial charge in [0.1, 0.15) is 23.0 Å². The first-order valence-electron chi connectivity index (χ1n) is 18.2. The van der Waals surface area contributed by atoms with Gasteiger partial charge in [-0.25, -0.2) is 0 Å². The number of non-ortho nitro benzene ring substituents is 1. The zero-order valence-corrected chi connectivity index (χ0v) is 29.0. The van der Waals surface area contributed by atoms with Crippen molar-refractivity contribution >= 4 is 28.1 Å². The number of fused-ring (bicyclic) bond motifs is 1. The van der Waals surface area contributed by atoms with Crippen molar-refractivity contribution in [1.29, 1.82) is 0 Å². The van der Waals surface area contributed by atoms with Gasteiger partial charge in [0.2, 0.25) is 0 Å². The lowest BCUT2D eigenvalue weighted by molar-refractivity contribution is -0.384. The number of unbranched alkanes of at least 4 members (excludes halogenated alkanes) is 15. The van der Waals surface area contributed by atoms with Crippen LogP contribution in [-0.2, 0) is 0 Å². The van der Waals surface area contributed by atoms with Gasteiger partial charge in [-0.1, -0.05) is 128 Å². The molecule has 0 heterocycles. The molecule has 0 fully saturated rings. The highest BCUT2D eigenvalue weighted by Gasteiger charge is 2.19. The van der Waals surface area contributed by atoms with E-state index in [2.05, 4.69) is 12.2 Å². The number of amides is 1. The van der Waals surface area contributed by atoms with E-state index in [4.69, 9.17) is 9.47 Å². The van der Waals surface area contributed by atoms with E-state index in [-0.39, 0.29) is 17.0 Å². The first-order chi connectivity index (χ1) is 24.0. The van der Waals surface area contributed by atoms with Crippen LogP contribution in [0, 0.1) is 10.1 Å². The van der Waals surface area contributed by atoms with Gasteiger partial charge in [-0.15, -0.1) is 0 Å². The number of phenols is 1. The summed E-state index contributed by atoms with van der Waals surface area (Å²) in [6.07, 6.45) is 21.4. The van der Waals surface area contributed by atoms with Crippen LogP contribution in [0.15, 0.2) is 78.9 Å². The Kier molecular flexibility index (Phi) is 15.7. The lowest BCUT2D eigenvalue weighted by atomic mass is 10.0. The molecule has 0 spiro atoms. The van der Waals surface area contributed by atoms with Crippen LogP contribution in [0.5, 0.6) is 23.0 Å². The predicted molar refractivity (Wildman–Crippen MR) is 198 cm³/mol. The fraction of sp³-hybridized carbons (Fsp3) is 0.439. The molecule has 1 amide bonds. The summed E-state index contributed by atoms with van der Waals surface area (Å²) in [5.74, 6) is 0.779. The van der Waals surface area contributed by atoms with Gasteiger partial charge < -0.3 is 19.9 Å². The molecule has 0 saturated carbocycles. The van der Waals surface area contributed by atoms with Crippen molar-refractivity contribution in [2.45, 2.75) is 110 Å². The Hall–Kier alpha value is -4.59. The number of carbonyl (C=O) groups excluding carboxylic acids is 1. The van der Waals surface area contributed by atoms with Gasteiger partial charge in [0, 0.05) is 28.6 Å². The molecule has 0 atom stereocenters. The Balaban J connectivity index is 1.15. The Morgan fingerprint density at radius 3 is 1.76 bits per heavy atom. The van der Waals surface area contributed by atoms with Crippen molar-refractivity contribution in [3.63, 3.8) is 0 Å². The van der Waals surface area contributed by atoms with Crippen LogP contribution < -0.4 is 14.8 Å². The van der Waals surface area contributed by atoms with Gasteiger partial charge in [0.15, 0.2) is 0 Å². The molecule has 0 radical (unpaired) electrons. The summed E-state index contributed by atoms with van der Waals surface area (Å²) >= 11 is 0. The van der Waals surface area contributed by atoms with E-state index in [1.807, 2.05) is 12.1 Å². The fourth-order valence-corrected chi connectivity index (χ4v) is 6.02. The monoisotopic (exact) mass is 668 g/mol. The second kappa shape index (κ2) is 20.7. The van der Waals surface area contributed by atoms with E-state index in [1.165, 1.54) is 120 Å². The number of hydrogen-bond acceptors (Lipinski definition) is 6. The molecule has 8 heteroatoms. The molecule has 0 bridgehead atoms. The molecule has 0 aromatic heterocycles. The molecule has 0 saturated heterocycles. The lowest BCUT2D eigenvalue weighted by Crippen LogP contribution is -2.12.